The Labute approximate surface area is 120 Å². The van der Waals surface area contributed by atoms with Crippen LogP contribution in [0.15, 0.2) is 0 Å². The average molecular weight is 305 g/mol. The molecule has 0 saturated heterocycles. The monoisotopic (exact) mass is 305 g/mol. The van der Waals surface area contributed by atoms with Crippen LogP contribution in [0.4, 0.5) is 0 Å². The molecule has 0 aliphatic rings. The maximum absolute atomic E-state index is 11.8. The van der Waals surface area contributed by atoms with Crippen LogP contribution < -0.4 is 5.73 Å². The number of hydrogen-bond donors (Lipinski definition) is 4. The highest BCUT2D eigenvalue weighted by molar-refractivity contribution is 6.14. The first-order chi connectivity index (χ1) is 9.33. The van der Waals surface area contributed by atoms with Gasteiger partial charge in [-0.3, -0.25) is 19.2 Å². The third-order valence-corrected chi connectivity index (χ3v) is 3.10. The van der Waals surface area contributed by atoms with Crippen LogP contribution >= 0.6 is 0 Å². The highest BCUT2D eigenvalue weighted by atomic mass is 16.6. The third-order valence-electron chi connectivity index (χ3n) is 3.10. The van der Waals surface area contributed by atoms with Gasteiger partial charge in [0.2, 0.25) is 11.2 Å². The molecular formula is C12H19NO8. The first-order valence-corrected chi connectivity index (χ1v) is 5.95. The van der Waals surface area contributed by atoms with Crippen molar-refractivity contribution in [3.8, 4) is 0 Å². The molecule has 9 nitrogen and oxygen atoms in total. The Morgan fingerprint density at radius 1 is 1.05 bits per heavy atom. The van der Waals surface area contributed by atoms with Crippen LogP contribution in [0.1, 0.15) is 27.7 Å². The largest absolute Gasteiger partial charge is 0.456 e. The summed E-state index contributed by atoms with van der Waals surface area (Å²) < 4.78 is 4.60. The lowest BCUT2D eigenvalue weighted by Gasteiger charge is -2.42. The second-order valence-corrected chi connectivity index (χ2v) is 4.72. The molecule has 0 radical (unpaired) electrons. The molecule has 5 N–H and O–H groups in total. The molecule has 0 heterocycles. The van der Waals surface area contributed by atoms with Gasteiger partial charge in [0.05, 0.1) is 6.10 Å². The molecule has 0 aromatic rings. The predicted octanol–water partition coefficient (Wildman–Crippen LogP) is -2.58. The smallest absolute Gasteiger partial charge is 0.303 e. The van der Waals surface area contributed by atoms with Crippen molar-refractivity contribution >= 4 is 23.4 Å². The number of amides is 1. The van der Waals surface area contributed by atoms with Crippen molar-refractivity contribution in [3.05, 3.63) is 0 Å². The van der Waals surface area contributed by atoms with E-state index in [0.29, 0.717) is 6.92 Å². The van der Waals surface area contributed by atoms with Crippen molar-refractivity contribution in [2.75, 3.05) is 0 Å². The predicted molar refractivity (Wildman–Crippen MR) is 67.7 cm³/mol. The molecule has 9 heteroatoms. The van der Waals surface area contributed by atoms with Crippen LogP contribution in [-0.2, 0) is 23.9 Å². The summed E-state index contributed by atoms with van der Waals surface area (Å²) in [6.45, 7) is 3.40. The minimum Gasteiger partial charge on any atom is -0.456 e. The first-order valence-electron chi connectivity index (χ1n) is 5.95. The summed E-state index contributed by atoms with van der Waals surface area (Å²) in [6, 6.07) is 0. The number of aliphatic hydroxyl groups excluding tert-OH is 1. The lowest BCUT2D eigenvalue weighted by Crippen LogP contribution is -2.75. The zero-order chi connectivity index (χ0) is 17.2. The van der Waals surface area contributed by atoms with E-state index in [2.05, 4.69) is 4.74 Å². The van der Waals surface area contributed by atoms with Crippen LogP contribution in [-0.4, -0.2) is 62.2 Å². The maximum atomic E-state index is 11.8. The van der Waals surface area contributed by atoms with Gasteiger partial charge in [-0.25, -0.2) is 0 Å². The molecule has 0 aliphatic carbocycles. The summed E-state index contributed by atoms with van der Waals surface area (Å²) in [5, 5.41) is 30.3. The quantitative estimate of drug-likeness (QED) is 0.294. The summed E-state index contributed by atoms with van der Waals surface area (Å²) >= 11 is 0. The van der Waals surface area contributed by atoms with E-state index in [1.54, 1.807) is 0 Å². The second kappa shape index (κ2) is 6.29. The van der Waals surface area contributed by atoms with Crippen molar-refractivity contribution < 1.29 is 39.2 Å². The number of carbonyl (C=O) groups is 4. The Morgan fingerprint density at radius 2 is 1.48 bits per heavy atom. The standard InChI is InChI=1S/C12H19NO8/c1-5(14)9(21-8(4)17)11(19,6(2)15)12(20,7(3)16)10(13)18/h5,9,14,19-20H,1-4H3,(H2,13,18)/t5-,9-,11+,12-/m0/s1. The van der Waals surface area contributed by atoms with Crippen LogP contribution in [0.25, 0.3) is 0 Å². The lowest BCUT2D eigenvalue weighted by atomic mass is 9.71. The van der Waals surface area contributed by atoms with E-state index in [0.717, 1.165) is 20.8 Å². The Kier molecular flexibility index (Phi) is 5.74. The fourth-order valence-electron chi connectivity index (χ4n) is 2.00. The Balaban J connectivity index is 6.37. The molecule has 0 spiro atoms. The van der Waals surface area contributed by atoms with Gasteiger partial charge < -0.3 is 25.8 Å². The normalized spacial score (nSPS) is 19.6. The summed E-state index contributed by atoms with van der Waals surface area (Å²) in [5.41, 5.74) is -1.68. The highest BCUT2D eigenvalue weighted by Crippen LogP contribution is 2.32. The maximum Gasteiger partial charge on any atom is 0.303 e. The van der Waals surface area contributed by atoms with Gasteiger partial charge >= 0.3 is 5.97 Å². The van der Waals surface area contributed by atoms with Crippen molar-refractivity contribution in [2.24, 2.45) is 5.73 Å². The minimum absolute atomic E-state index is 0.714. The molecule has 1 amide bonds. The van der Waals surface area contributed by atoms with Gasteiger partial charge in [-0.1, -0.05) is 0 Å². The van der Waals surface area contributed by atoms with Gasteiger partial charge in [-0.2, -0.15) is 0 Å². The van der Waals surface area contributed by atoms with E-state index < -0.39 is 46.9 Å². The number of rotatable bonds is 7. The number of primary amides is 1. The molecule has 0 aliphatic heterocycles. The van der Waals surface area contributed by atoms with Crippen LogP contribution in [0.5, 0.6) is 0 Å². The minimum atomic E-state index is -3.37. The number of ether oxygens (including phenoxy) is 1. The SMILES string of the molecule is CC(=O)O[C@@H]([C@H](C)O)[C@](O)(C(C)=O)[C@](O)(C(C)=O)C(N)=O. The third kappa shape index (κ3) is 3.09. The van der Waals surface area contributed by atoms with Crippen LogP contribution in [0.3, 0.4) is 0 Å². The van der Waals surface area contributed by atoms with Crippen molar-refractivity contribution in [2.45, 2.75) is 51.1 Å². The molecule has 0 aromatic carbocycles. The fourth-order valence-corrected chi connectivity index (χ4v) is 2.00. The van der Waals surface area contributed by atoms with Crippen molar-refractivity contribution in [1.29, 1.82) is 0 Å². The summed E-state index contributed by atoms with van der Waals surface area (Å²) in [5.74, 6) is -5.36. The molecule has 120 valence electrons. The fraction of sp³-hybridized carbons (Fsp3) is 0.667. The van der Waals surface area contributed by atoms with E-state index in [4.69, 9.17) is 5.73 Å². The van der Waals surface area contributed by atoms with Gasteiger partial charge in [0.15, 0.2) is 17.7 Å². The Morgan fingerprint density at radius 3 is 1.67 bits per heavy atom. The number of esters is 1. The highest BCUT2D eigenvalue weighted by Gasteiger charge is 2.66. The Hall–Kier alpha value is -1.84. The zero-order valence-electron chi connectivity index (χ0n) is 12.1. The molecule has 4 atom stereocenters. The molecule has 21 heavy (non-hydrogen) atoms. The second-order valence-electron chi connectivity index (χ2n) is 4.72. The van der Waals surface area contributed by atoms with E-state index in [-0.39, 0.29) is 0 Å². The Bertz CT molecular complexity index is 458. The number of ketones is 2. The first kappa shape index (κ1) is 19.2. The van der Waals surface area contributed by atoms with Gasteiger partial charge in [-0.15, -0.1) is 0 Å². The van der Waals surface area contributed by atoms with Gasteiger partial charge in [-0.05, 0) is 20.8 Å². The number of Topliss-reactive ketones (excluding diaryl/α,β-unsaturated/α-hetero) is 2. The lowest BCUT2D eigenvalue weighted by molar-refractivity contribution is -0.221. The molecule has 0 aromatic heterocycles. The van der Waals surface area contributed by atoms with Crippen LogP contribution in [0, 0.1) is 0 Å². The molecule has 0 saturated carbocycles. The number of aliphatic hydroxyl groups is 3. The van der Waals surface area contributed by atoms with Gasteiger partial charge in [0, 0.05) is 6.92 Å². The van der Waals surface area contributed by atoms with E-state index in [9.17, 15) is 34.5 Å². The molecule has 0 fully saturated rings. The number of hydrogen-bond acceptors (Lipinski definition) is 8. The zero-order valence-corrected chi connectivity index (χ0v) is 12.1. The van der Waals surface area contributed by atoms with Gasteiger partial charge in [0.1, 0.15) is 0 Å². The summed E-state index contributed by atoms with van der Waals surface area (Å²) in [4.78, 5) is 45.9. The molecule has 0 unspecified atom stereocenters. The van der Waals surface area contributed by atoms with E-state index >= 15 is 0 Å². The van der Waals surface area contributed by atoms with Crippen molar-refractivity contribution in [3.63, 3.8) is 0 Å². The number of nitrogens with two attached hydrogens (primary N) is 1. The van der Waals surface area contributed by atoms with Gasteiger partial charge in [0.25, 0.3) is 5.91 Å². The molecular weight excluding hydrogens is 286 g/mol. The van der Waals surface area contributed by atoms with E-state index in [1.165, 1.54) is 0 Å². The van der Waals surface area contributed by atoms with Crippen LogP contribution in [0.2, 0.25) is 0 Å². The number of carbonyl (C=O) groups excluding carboxylic acids is 4. The van der Waals surface area contributed by atoms with Crippen molar-refractivity contribution in [1.82, 2.24) is 0 Å². The average Bonchev–Trinajstić information content (AvgIpc) is 2.32. The van der Waals surface area contributed by atoms with E-state index in [1.807, 2.05) is 0 Å². The molecule has 0 rings (SSSR count). The molecule has 0 bridgehead atoms. The summed E-state index contributed by atoms with van der Waals surface area (Å²) in [6.07, 6.45) is -3.76. The summed E-state index contributed by atoms with van der Waals surface area (Å²) in [7, 11) is 0. The topological polar surface area (TPSA) is 164 Å².